The van der Waals surface area contributed by atoms with E-state index in [1.54, 1.807) is 37.3 Å². The van der Waals surface area contributed by atoms with E-state index < -0.39 is 30.1 Å². The summed E-state index contributed by atoms with van der Waals surface area (Å²) in [5.41, 5.74) is 4.93. The van der Waals surface area contributed by atoms with Crippen molar-refractivity contribution in [3.63, 3.8) is 0 Å². The quantitative estimate of drug-likeness (QED) is 0.468. The fourth-order valence-corrected chi connectivity index (χ4v) is 4.30. The number of carbonyl (C=O) groups is 3. The van der Waals surface area contributed by atoms with E-state index in [1.165, 1.54) is 0 Å². The van der Waals surface area contributed by atoms with Gasteiger partial charge in [0, 0.05) is 5.92 Å². The van der Waals surface area contributed by atoms with Crippen LogP contribution in [-0.4, -0.2) is 35.7 Å². The zero-order valence-corrected chi connectivity index (χ0v) is 18.7. The molecule has 3 aromatic carbocycles. The normalized spacial score (nSPS) is 13.8. The second-order valence-corrected chi connectivity index (χ2v) is 8.12. The third-order valence-electron chi connectivity index (χ3n) is 6.02. The number of carbonyl (C=O) groups excluding carboxylic acids is 2. The highest BCUT2D eigenvalue weighted by Gasteiger charge is 2.31. The van der Waals surface area contributed by atoms with Gasteiger partial charge in [0.2, 0.25) is 5.91 Å². The molecule has 34 heavy (non-hydrogen) atoms. The zero-order valence-electron chi connectivity index (χ0n) is 18.7. The topological polar surface area (TPSA) is 105 Å². The van der Waals surface area contributed by atoms with Crippen molar-refractivity contribution in [2.45, 2.75) is 31.3 Å². The number of hydrogen-bond acceptors (Lipinski definition) is 4. The van der Waals surface area contributed by atoms with Gasteiger partial charge in [-0.3, -0.25) is 4.79 Å². The molecule has 3 N–H and O–H groups in total. The number of hydrogen-bond donors (Lipinski definition) is 3. The summed E-state index contributed by atoms with van der Waals surface area (Å²) < 4.78 is 5.57. The molecular formula is C27H26N2O5. The molecule has 0 fully saturated rings. The largest absolute Gasteiger partial charge is 0.480 e. The highest BCUT2D eigenvalue weighted by Crippen LogP contribution is 2.44. The second kappa shape index (κ2) is 10.2. The number of fused-ring (bicyclic) bond motifs is 3. The summed E-state index contributed by atoms with van der Waals surface area (Å²) in [5, 5.41) is 14.4. The van der Waals surface area contributed by atoms with Gasteiger partial charge in [0.05, 0.1) is 0 Å². The molecule has 0 radical (unpaired) electrons. The Labute approximate surface area is 197 Å². The Morgan fingerprint density at radius 3 is 1.97 bits per heavy atom. The van der Waals surface area contributed by atoms with Gasteiger partial charge in [-0.2, -0.15) is 0 Å². The van der Waals surface area contributed by atoms with E-state index in [0.717, 1.165) is 22.3 Å². The van der Waals surface area contributed by atoms with Crippen LogP contribution in [0.4, 0.5) is 4.79 Å². The lowest BCUT2D eigenvalue weighted by molar-refractivity contribution is -0.142. The molecule has 4 rings (SSSR count). The molecule has 174 valence electrons. The number of amides is 2. The van der Waals surface area contributed by atoms with Gasteiger partial charge in [-0.1, -0.05) is 85.8 Å². The van der Waals surface area contributed by atoms with Gasteiger partial charge in [0.15, 0.2) is 0 Å². The Bertz CT molecular complexity index is 1150. The van der Waals surface area contributed by atoms with E-state index in [0.29, 0.717) is 5.56 Å². The molecule has 0 saturated heterocycles. The fraction of sp³-hybridized carbons (Fsp3) is 0.222. The number of alkyl carbamates (subject to hydrolysis) is 1. The minimum Gasteiger partial charge on any atom is -0.480 e. The zero-order chi connectivity index (χ0) is 24.1. The number of aliphatic carboxylic acids is 1. The number of rotatable bonds is 8. The van der Waals surface area contributed by atoms with Gasteiger partial charge in [-0.15, -0.1) is 0 Å². The molecule has 2 atom stereocenters. The van der Waals surface area contributed by atoms with E-state index in [-0.39, 0.29) is 18.9 Å². The van der Waals surface area contributed by atoms with Crippen LogP contribution in [-0.2, 0) is 14.3 Å². The third-order valence-corrected chi connectivity index (χ3v) is 6.02. The summed E-state index contributed by atoms with van der Waals surface area (Å²) in [6.45, 7) is 1.77. The lowest BCUT2D eigenvalue weighted by Crippen LogP contribution is -2.47. The molecule has 7 heteroatoms. The molecule has 3 aromatic rings. The highest BCUT2D eigenvalue weighted by molar-refractivity contribution is 5.90. The van der Waals surface area contributed by atoms with Crippen molar-refractivity contribution in [3.05, 3.63) is 95.6 Å². The SMILES string of the molecule is CC[C@@H](NC(=O)[C@H](NC(=O)OCC1c2ccccc2-c2ccccc21)c1ccccc1)C(=O)O. The molecule has 0 spiro atoms. The average molecular weight is 459 g/mol. The third kappa shape index (κ3) is 4.78. The first kappa shape index (κ1) is 23.0. The molecule has 0 unspecified atom stereocenters. The van der Waals surface area contributed by atoms with Crippen molar-refractivity contribution >= 4 is 18.0 Å². The molecule has 0 aliphatic heterocycles. The van der Waals surface area contributed by atoms with Gasteiger partial charge in [0.25, 0.3) is 0 Å². The highest BCUT2D eigenvalue weighted by atomic mass is 16.5. The predicted octanol–water partition coefficient (Wildman–Crippen LogP) is 4.25. The number of benzene rings is 3. The molecule has 0 saturated carbocycles. The van der Waals surface area contributed by atoms with Crippen LogP contribution < -0.4 is 10.6 Å². The number of ether oxygens (including phenoxy) is 1. The van der Waals surface area contributed by atoms with E-state index >= 15 is 0 Å². The van der Waals surface area contributed by atoms with Crippen LogP contribution in [0, 0.1) is 0 Å². The van der Waals surface area contributed by atoms with Crippen LogP contribution in [0.1, 0.15) is 42.0 Å². The van der Waals surface area contributed by atoms with Crippen molar-refractivity contribution < 1.29 is 24.2 Å². The van der Waals surface area contributed by atoms with Gasteiger partial charge in [-0.05, 0) is 34.2 Å². The lowest BCUT2D eigenvalue weighted by Gasteiger charge is -2.22. The minimum atomic E-state index is -1.14. The van der Waals surface area contributed by atoms with Gasteiger partial charge < -0.3 is 20.5 Å². The molecule has 0 aromatic heterocycles. The standard InChI is InChI=1S/C27H26N2O5/c1-2-23(26(31)32)28-25(30)24(17-10-4-3-5-11-17)29-27(33)34-16-22-20-14-8-6-12-18(20)19-13-7-9-15-21(19)22/h3-15,22-24H,2,16H2,1H3,(H,28,30)(H,29,33)(H,31,32)/t23-,24-/m1/s1. The first-order chi connectivity index (χ1) is 16.5. The number of carboxylic acids is 1. The van der Waals surface area contributed by atoms with E-state index in [1.807, 2.05) is 36.4 Å². The molecule has 1 aliphatic carbocycles. The van der Waals surface area contributed by atoms with E-state index in [4.69, 9.17) is 4.74 Å². The maximum atomic E-state index is 12.9. The van der Waals surface area contributed by atoms with E-state index in [9.17, 15) is 19.5 Å². The summed E-state index contributed by atoms with van der Waals surface area (Å²) in [4.78, 5) is 37.0. The Morgan fingerprint density at radius 1 is 0.853 bits per heavy atom. The van der Waals surface area contributed by atoms with Gasteiger partial charge in [-0.25, -0.2) is 9.59 Å². The lowest BCUT2D eigenvalue weighted by atomic mass is 9.98. The van der Waals surface area contributed by atoms with Gasteiger partial charge >= 0.3 is 12.1 Å². The second-order valence-electron chi connectivity index (χ2n) is 8.12. The van der Waals surface area contributed by atoms with Crippen LogP contribution in [0.15, 0.2) is 78.9 Å². The van der Waals surface area contributed by atoms with Crippen molar-refractivity contribution in [1.29, 1.82) is 0 Å². The van der Waals surface area contributed by atoms with Crippen LogP contribution in [0.2, 0.25) is 0 Å². The molecule has 2 amide bonds. The first-order valence-corrected chi connectivity index (χ1v) is 11.2. The maximum Gasteiger partial charge on any atom is 0.408 e. The average Bonchev–Trinajstić information content (AvgIpc) is 3.18. The first-order valence-electron chi connectivity index (χ1n) is 11.2. The molecule has 1 aliphatic rings. The summed E-state index contributed by atoms with van der Waals surface area (Å²) in [6, 6.07) is 22.5. The van der Waals surface area contributed by atoms with Crippen molar-refractivity contribution in [2.75, 3.05) is 6.61 Å². The Kier molecular flexibility index (Phi) is 6.92. The molecule has 0 heterocycles. The summed E-state index contributed by atoms with van der Waals surface area (Å²) in [5.74, 6) is -1.86. The van der Waals surface area contributed by atoms with Crippen molar-refractivity contribution in [1.82, 2.24) is 10.6 Å². The number of carboxylic acid groups (broad SMARTS) is 1. The van der Waals surface area contributed by atoms with Crippen LogP contribution in [0.25, 0.3) is 11.1 Å². The number of nitrogens with one attached hydrogen (secondary N) is 2. The fourth-order valence-electron chi connectivity index (χ4n) is 4.30. The van der Waals surface area contributed by atoms with Crippen molar-refractivity contribution in [2.24, 2.45) is 0 Å². The smallest absolute Gasteiger partial charge is 0.408 e. The summed E-state index contributed by atoms with van der Waals surface area (Å²) in [6.07, 6.45) is -0.540. The molecule has 0 bridgehead atoms. The minimum absolute atomic E-state index is 0.107. The van der Waals surface area contributed by atoms with E-state index in [2.05, 4.69) is 22.8 Å². The predicted molar refractivity (Wildman–Crippen MR) is 127 cm³/mol. The Balaban J connectivity index is 1.48. The maximum absolute atomic E-state index is 12.9. The Hall–Kier alpha value is -4.13. The van der Waals surface area contributed by atoms with Crippen LogP contribution >= 0.6 is 0 Å². The summed E-state index contributed by atoms with van der Waals surface area (Å²) in [7, 11) is 0. The van der Waals surface area contributed by atoms with Crippen molar-refractivity contribution in [3.8, 4) is 11.1 Å². The molecular weight excluding hydrogens is 432 g/mol. The Morgan fingerprint density at radius 2 is 1.41 bits per heavy atom. The van der Waals surface area contributed by atoms with Crippen LogP contribution in [0.3, 0.4) is 0 Å². The van der Waals surface area contributed by atoms with Crippen LogP contribution in [0.5, 0.6) is 0 Å². The monoisotopic (exact) mass is 458 g/mol. The van der Waals surface area contributed by atoms with Gasteiger partial charge in [0.1, 0.15) is 18.7 Å². The molecule has 7 nitrogen and oxygen atoms in total. The summed E-state index contributed by atoms with van der Waals surface area (Å²) >= 11 is 0.